The van der Waals surface area contributed by atoms with Crippen LogP contribution >= 0.6 is 11.6 Å². The fourth-order valence-corrected chi connectivity index (χ4v) is 3.56. The van der Waals surface area contributed by atoms with Crippen LogP contribution in [0, 0.1) is 11.3 Å². The summed E-state index contributed by atoms with van der Waals surface area (Å²) in [5.74, 6) is -0.480. The Hall–Kier alpha value is -3.08. The lowest BCUT2D eigenvalue weighted by Crippen LogP contribution is -2.38. The molecule has 8 heteroatoms. The van der Waals surface area contributed by atoms with E-state index in [1.165, 1.54) is 12.1 Å². The zero-order valence-electron chi connectivity index (χ0n) is 15.7. The molecule has 1 saturated heterocycles. The lowest BCUT2D eigenvalue weighted by atomic mass is 10.1. The number of carbonyl (C=O) groups is 2. The fraction of sp³-hybridized carbons (Fsp3) is 0.286. The highest BCUT2D eigenvalue weighted by Crippen LogP contribution is 2.24. The monoisotopic (exact) mass is 412 g/mol. The zero-order valence-corrected chi connectivity index (χ0v) is 16.4. The summed E-state index contributed by atoms with van der Waals surface area (Å²) in [6.07, 6.45) is 1.65. The Balaban J connectivity index is 1.65. The summed E-state index contributed by atoms with van der Waals surface area (Å²) < 4.78 is 0. The molecule has 3 rings (SSSR count). The highest BCUT2D eigenvalue weighted by Gasteiger charge is 2.29. The minimum Gasteiger partial charge on any atom is -0.394 e. The molecule has 2 aromatic carbocycles. The summed E-state index contributed by atoms with van der Waals surface area (Å²) >= 11 is 5.98. The molecule has 0 bridgehead atoms. The summed E-state index contributed by atoms with van der Waals surface area (Å²) in [5.41, 5.74) is 1.82. The Kier molecular flexibility index (Phi) is 6.70. The molecule has 0 saturated carbocycles. The average molecular weight is 413 g/mol. The molecule has 29 heavy (non-hydrogen) atoms. The number of hydrogen-bond acceptors (Lipinski definition) is 5. The molecule has 2 amide bonds. The number of aliphatic hydroxyl groups is 1. The van der Waals surface area contributed by atoms with Gasteiger partial charge in [-0.05, 0) is 43.2 Å². The van der Waals surface area contributed by atoms with Crippen molar-refractivity contribution < 1.29 is 14.7 Å². The van der Waals surface area contributed by atoms with Gasteiger partial charge in [0.2, 0.25) is 5.91 Å². The number of carbonyl (C=O) groups excluding carboxylic acids is 2. The normalized spacial score (nSPS) is 15.6. The second-order valence-electron chi connectivity index (χ2n) is 6.73. The van der Waals surface area contributed by atoms with Crippen molar-refractivity contribution in [2.24, 2.45) is 0 Å². The van der Waals surface area contributed by atoms with Gasteiger partial charge in [-0.2, -0.15) is 5.26 Å². The van der Waals surface area contributed by atoms with Crippen LogP contribution in [0.3, 0.4) is 0 Å². The molecule has 7 nitrogen and oxygen atoms in total. The molecule has 3 N–H and O–H groups in total. The topological polar surface area (TPSA) is 105 Å². The van der Waals surface area contributed by atoms with Gasteiger partial charge >= 0.3 is 0 Å². The predicted molar refractivity (Wildman–Crippen MR) is 111 cm³/mol. The van der Waals surface area contributed by atoms with E-state index in [9.17, 15) is 14.7 Å². The van der Waals surface area contributed by atoms with Gasteiger partial charge in [0, 0.05) is 17.9 Å². The fourth-order valence-electron chi connectivity index (χ4n) is 3.34. The van der Waals surface area contributed by atoms with Crippen LogP contribution in [-0.2, 0) is 4.79 Å². The molecule has 1 unspecified atom stereocenters. The highest BCUT2D eigenvalue weighted by molar-refractivity contribution is 6.32. The number of aliphatic hydroxyl groups excluding tert-OH is 1. The number of likely N-dealkylation sites (tertiary alicyclic amines) is 1. The molecule has 1 aliphatic rings. The zero-order chi connectivity index (χ0) is 20.8. The van der Waals surface area contributed by atoms with Gasteiger partial charge in [-0.25, -0.2) is 0 Å². The van der Waals surface area contributed by atoms with E-state index in [2.05, 4.69) is 10.6 Å². The molecule has 1 heterocycles. The van der Waals surface area contributed by atoms with Crippen LogP contribution in [0.2, 0.25) is 5.02 Å². The highest BCUT2D eigenvalue weighted by atomic mass is 35.5. The minimum absolute atomic E-state index is 0.0503. The van der Waals surface area contributed by atoms with E-state index < -0.39 is 0 Å². The van der Waals surface area contributed by atoms with Gasteiger partial charge in [-0.1, -0.05) is 23.7 Å². The number of hydrogen-bond donors (Lipinski definition) is 3. The van der Waals surface area contributed by atoms with E-state index in [0.29, 0.717) is 29.0 Å². The van der Waals surface area contributed by atoms with Gasteiger partial charge in [-0.3, -0.25) is 9.59 Å². The van der Waals surface area contributed by atoms with Crippen LogP contribution in [-0.4, -0.2) is 47.6 Å². The smallest absolute Gasteiger partial charge is 0.256 e. The first-order valence-electron chi connectivity index (χ1n) is 9.27. The maximum Gasteiger partial charge on any atom is 0.256 e. The summed E-state index contributed by atoms with van der Waals surface area (Å²) in [5, 5.41) is 24.4. The van der Waals surface area contributed by atoms with Crippen molar-refractivity contribution in [1.29, 1.82) is 5.26 Å². The van der Waals surface area contributed by atoms with Crippen molar-refractivity contribution in [3.8, 4) is 6.07 Å². The number of benzene rings is 2. The third-order valence-electron chi connectivity index (χ3n) is 4.82. The number of nitriles is 1. The number of rotatable bonds is 6. The Bertz CT molecular complexity index is 957. The third-order valence-corrected chi connectivity index (χ3v) is 5.13. The first-order chi connectivity index (χ1) is 14.0. The van der Waals surface area contributed by atoms with Gasteiger partial charge in [0.1, 0.15) is 6.07 Å². The lowest BCUT2D eigenvalue weighted by Gasteiger charge is -2.24. The van der Waals surface area contributed by atoms with Crippen LogP contribution in [0.5, 0.6) is 0 Å². The van der Waals surface area contributed by atoms with E-state index in [-0.39, 0.29) is 36.0 Å². The van der Waals surface area contributed by atoms with Crippen molar-refractivity contribution in [2.75, 3.05) is 30.3 Å². The first kappa shape index (κ1) is 20.6. The van der Waals surface area contributed by atoms with E-state index in [1.54, 1.807) is 35.2 Å². The van der Waals surface area contributed by atoms with E-state index >= 15 is 0 Å². The van der Waals surface area contributed by atoms with E-state index in [0.717, 1.165) is 12.8 Å². The predicted octanol–water partition coefficient (Wildman–Crippen LogP) is 2.86. The minimum atomic E-state index is -0.317. The molecular weight excluding hydrogens is 392 g/mol. The van der Waals surface area contributed by atoms with Crippen molar-refractivity contribution in [3.05, 3.63) is 58.6 Å². The number of nitrogens with one attached hydrogen (secondary N) is 2. The van der Waals surface area contributed by atoms with Crippen molar-refractivity contribution >= 4 is 34.8 Å². The standard InChI is InChI=1S/C21H21ClN4O3/c22-18-10-15(8-7-14(18)11-23)25-20(28)12-24-19-6-2-1-5-17(19)21(29)26-9-3-4-16(26)13-27/h1-2,5-8,10,16,24,27H,3-4,9,12-13H2,(H,25,28). The van der Waals surface area contributed by atoms with Gasteiger partial charge < -0.3 is 20.6 Å². The Labute approximate surface area is 173 Å². The summed E-state index contributed by atoms with van der Waals surface area (Å²) in [4.78, 5) is 26.9. The van der Waals surface area contributed by atoms with Gasteiger partial charge in [-0.15, -0.1) is 0 Å². The Morgan fingerprint density at radius 2 is 2.07 bits per heavy atom. The molecule has 0 spiro atoms. The Morgan fingerprint density at radius 1 is 1.28 bits per heavy atom. The molecule has 1 fully saturated rings. The number of amides is 2. The summed E-state index contributed by atoms with van der Waals surface area (Å²) in [6.45, 7) is 0.501. The van der Waals surface area contributed by atoms with E-state index in [1.807, 2.05) is 6.07 Å². The van der Waals surface area contributed by atoms with Gasteiger partial charge in [0.05, 0.1) is 35.3 Å². The summed E-state index contributed by atoms with van der Waals surface area (Å²) in [7, 11) is 0. The van der Waals surface area contributed by atoms with Crippen molar-refractivity contribution in [2.45, 2.75) is 18.9 Å². The van der Waals surface area contributed by atoms with Crippen molar-refractivity contribution in [1.82, 2.24) is 4.90 Å². The molecule has 150 valence electrons. The largest absolute Gasteiger partial charge is 0.394 e. The summed E-state index contributed by atoms with van der Waals surface area (Å²) in [6, 6.07) is 13.4. The van der Waals surface area contributed by atoms with Crippen molar-refractivity contribution in [3.63, 3.8) is 0 Å². The maximum absolute atomic E-state index is 12.9. The number of nitrogens with zero attached hydrogens (tertiary/aromatic N) is 2. The van der Waals surface area contributed by atoms with E-state index in [4.69, 9.17) is 16.9 Å². The van der Waals surface area contributed by atoms with Crippen LogP contribution in [0.4, 0.5) is 11.4 Å². The second-order valence-corrected chi connectivity index (χ2v) is 7.14. The first-order valence-corrected chi connectivity index (χ1v) is 9.65. The maximum atomic E-state index is 12.9. The molecule has 0 aromatic heterocycles. The number of anilines is 2. The van der Waals surface area contributed by atoms with Gasteiger partial charge in [0.15, 0.2) is 0 Å². The SMILES string of the molecule is N#Cc1ccc(NC(=O)CNc2ccccc2C(=O)N2CCCC2CO)cc1Cl. The third kappa shape index (κ3) is 4.86. The lowest BCUT2D eigenvalue weighted by molar-refractivity contribution is -0.114. The van der Waals surface area contributed by atoms with Crippen LogP contribution in [0.25, 0.3) is 0 Å². The molecular formula is C21H21ClN4O3. The average Bonchev–Trinajstić information content (AvgIpc) is 3.21. The van der Waals surface area contributed by atoms with Crippen LogP contribution < -0.4 is 10.6 Å². The molecule has 0 radical (unpaired) electrons. The number of para-hydroxylation sites is 1. The van der Waals surface area contributed by atoms with Crippen LogP contribution in [0.15, 0.2) is 42.5 Å². The molecule has 1 aliphatic heterocycles. The van der Waals surface area contributed by atoms with Gasteiger partial charge in [0.25, 0.3) is 5.91 Å². The molecule has 2 aromatic rings. The quantitative estimate of drug-likeness (QED) is 0.676. The second kappa shape index (κ2) is 9.41. The van der Waals surface area contributed by atoms with Crippen LogP contribution in [0.1, 0.15) is 28.8 Å². The Morgan fingerprint density at radius 3 is 2.79 bits per heavy atom. The molecule has 1 atom stereocenters. The molecule has 0 aliphatic carbocycles. The number of halogens is 1.